The van der Waals surface area contributed by atoms with Gasteiger partial charge in [0.25, 0.3) is 0 Å². The van der Waals surface area contributed by atoms with Crippen molar-refractivity contribution in [2.45, 2.75) is 0 Å². The summed E-state index contributed by atoms with van der Waals surface area (Å²) >= 11 is 0. The third-order valence-corrected chi connectivity index (χ3v) is 11.4. The van der Waals surface area contributed by atoms with Crippen LogP contribution in [0.3, 0.4) is 0 Å². The summed E-state index contributed by atoms with van der Waals surface area (Å²) in [6.45, 7) is 0. The Hall–Kier alpha value is -7.56. The Kier molecular flexibility index (Phi) is 6.60. The highest BCUT2D eigenvalue weighted by atomic mass is 16.5. The summed E-state index contributed by atoms with van der Waals surface area (Å²) in [4.78, 5) is 2.29. The number of aromatic nitrogens is 1. The summed E-state index contributed by atoms with van der Waals surface area (Å²) in [5, 5.41) is 7.14. The minimum Gasteiger partial charge on any atom is -0.456 e. The number of anilines is 3. The number of para-hydroxylation sites is 4. The highest BCUT2D eigenvalue weighted by molar-refractivity contribution is 6.19. The Morgan fingerprint density at radius 1 is 0.429 bits per heavy atom. The fourth-order valence-electron chi connectivity index (χ4n) is 8.81. The molecule has 9 aromatic carbocycles. The van der Waals surface area contributed by atoms with Gasteiger partial charge in [-0.25, -0.2) is 0 Å². The molecular formula is C52H32N2O2. The van der Waals surface area contributed by atoms with E-state index in [0.717, 1.165) is 84.0 Å². The molecule has 56 heavy (non-hydrogen) atoms. The normalized spacial score (nSPS) is 12.1. The SMILES string of the molecule is c1ccc(N(c2ccc(-c3ccc(-c4cccc5c4Oc4cccc6c7ccccc7n-5c46)cc3)cc2)c2ccc3c(c2)oc2ccc4ccccc4c23)cc1. The van der Waals surface area contributed by atoms with Crippen molar-refractivity contribution in [1.82, 2.24) is 4.57 Å². The van der Waals surface area contributed by atoms with Crippen LogP contribution in [0.2, 0.25) is 0 Å². The van der Waals surface area contributed by atoms with Crippen LogP contribution in [-0.2, 0) is 0 Å². The number of ether oxygens (including phenoxy) is 1. The maximum atomic E-state index is 6.71. The van der Waals surface area contributed by atoms with Gasteiger partial charge < -0.3 is 18.6 Å². The molecule has 0 N–H and O–H groups in total. The molecule has 12 rings (SSSR count). The van der Waals surface area contributed by atoms with Gasteiger partial charge >= 0.3 is 0 Å². The van der Waals surface area contributed by atoms with Gasteiger partial charge in [-0.2, -0.15) is 0 Å². The molecule has 11 aromatic rings. The summed E-state index contributed by atoms with van der Waals surface area (Å²) in [5.74, 6) is 1.76. The minimum absolute atomic E-state index is 0.871. The molecule has 0 bridgehead atoms. The molecule has 4 heteroatoms. The van der Waals surface area contributed by atoms with Crippen molar-refractivity contribution in [2.24, 2.45) is 0 Å². The van der Waals surface area contributed by atoms with Gasteiger partial charge in [0, 0.05) is 50.2 Å². The third-order valence-electron chi connectivity index (χ3n) is 11.4. The molecule has 0 spiro atoms. The van der Waals surface area contributed by atoms with Gasteiger partial charge in [0.1, 0.15) is 11.2 Å². The van der Waals surface area contributed by atoms with Crippen LogP contribution in [0.1, 0.15) is 0 Å². The Morgan fingerprint density at radius 2 is 1.11 bits per heavy atom. The first-order valence-electron chi connectivity index (χ1n) is 19.0. The first-order chi connectivity index (χ1) is 27.8. The van der Waals surface area contributed by atoms with Gasteiger partial charge in [-0.1, -0.05) is 127 Å². The standard InChI is InChI=1S/C52H32N2O2/c1-2-11-37(12-3-1)53(39-29-30-44-49(32-39)55-47-31-26-35-10-4-5-13-40(35)50(44)47)38-27-24-34(25-28-38)33-20-22-36(23-21-33)41-15-8-18-46-52(41)56-48-19-9-16-43-42-14-6-7-17-45(42)54(46)51(43)48/h1-32H. The minimum atomic E-state index is 0.871. The van der Waals surface area contributed by atoms with Crippen LogP contribution in [0.15, 0.2) is 199 Å². The quantitative estimate of drug-likeness (QED) is 0.178. The lowest BCUT2D eigenvalue weighted by molar-refractivity contribution is 0.478. The van der Waals surface area contributed by atoms with Crippen LogP contribution in [0.5, 0.6) is 11.5 Å². The van der Waals surface area contributed by atoms with Gasteiger partial charge in [0.15, 0.2) is 11.5 Å². The van der Waals surface area contributed by atoms with Crippen molar-refractivity contribution >= 4 is 71.6 Å². The largest absolute Gasteiger partial charge is 0.456 e. The lowest BCUT2D eigenvalue weighted by Gasteiger charge is -2.25. The molecule has 1 aliphatic heterocycles. The maximum absolute atomic E-state index is 6.71. The first kappa shape index (κ1) is 30.9. The zero-order valence-corrected chi connectivity index (χ0v) is 30.2. The van der Waals surface area contributed by atoms with E-state index in [4.69, 9.17) is 9.15 Å². The maximum Gasteiger partial charge on any atom is 0.159 e. The Bertz CT molecular complexity index is 3320. The molecule has 3 heterocycles. The Balaban J connectivity index is 0.893. The molecular weight excluding hydrogens is 685 g/mol. The molecule has 262 valence electrons. The van der Waals surface area contributed by atoms with Crippen molar-refractivity contribution in [1.29, 1.82) is 0 Å². The van der Waals surface area contributed by atoms with Gasteiger partial charge in [-0.05, 0) is 88.1 Å². The summed E-state index contributed by atoms with van der Waals surface area (Å²) in [7, 11) is 0. The molecule has 0 atom stereocenters. The van der Waals surface area contributed by atoms with Crippen molar-refractivity contribution in [3.05, 3.63) is 194 Å². The lowest BCUT2D eigenvalue weighted by atomic mass is 9.98. The number of fused-ring (bicyclic) bond motifs is 10. The molecule has 0 amide bonds. The molecule has 0 aliphatic carbocycles. The van der Waals surface area contributed by atoms with Crippen molar-refractivity contribution in [3.63, 3.8) is 0 Å². The van der Waals surface area contributed by atoms with Crippen LogP contribution in [0, 0.1) is 0 Å². The van der Waals surface area contributed by atoms with Crippen molar-refractivity contribution in [2.75, 3.05) is 4.90 Å². The van der Waals surface area contributed by atoms with E-state index in [1.54, 1.807) is 0 Å². The van der Waals surface area contributed by atoms with E-state index in [1.807, 2.05) is 0 Å². The van der Waals surface area contributed by atoms with Crippen LogP contribution < -0.4 is 9.64 Å². The average Bonchev–Trinajstić information content (AvgIpc) is 3.81. The van der Waals surface area contributed by atoms with Gasteiger partial charge in [-0.3, -0.25) is 0 Å². The van der Waals surface area contributed by atoms with E-state index in [2.05, 4.69) is 204 Å². The molecule has 1 aliphatic rings. The van der Waals surface area contributed by atoms with E-state index < -0.39 is 0 Å². The number of nitrogens with zero attached hydrogens (tertiary/aromatic N) is 2. The second-order valence-electron chi connectivity index (χ2n) is 14.5. The molecule has 0 saturated carbocycles. The van der Waals surface area contributed by atoms with E-state index in [-0.39, 0.29) is 0 Å². The second kappa shape index (κ2) is 12.0. The first-order valence-corrected chi connectivity index (χ1v) is 19.0. The fraction of sp³-hybridized carbons (Fsp3) is 0. The average molecular weight is 717 g/mol. The zero-order chi connectivity index (χ0) is 36.7. The van der Waals surface area contributed by atoms with Crippen LogP contribution in [0.4, 0.5) is 17.1 Å². The van der Waals surface area contributed by atoms with Crippen molar-refractivity contribution < 1.29 is 9.15 Å². The van der Waals surface area contributed by atoms with Crippen LogP contribution in [-0.4, -0.2) is 4.57 Å². The second-order valence-corrected chi connectivity index (χ2v) is 14.5. The van der Waals surface area contributed by atoms with Crippen LogP contribution in [0.25, 0.3) is 82.5 Å². The topological polar surface area (TPSA) is 30.5 Å². The van der Waals surface area contributed by atoms with Crippen LogP contribution >= 0.6 is 0 Å². The third kappa shape index (κ3) is 4.60. The number of benzene rings is 9. The molecule has 0 radical (unpaired) electrons. The molecule has 4 nitrogen and oxygen atoms in total. The number of hydrogen-bond donors (Lipinski definition) is 0. The molecule has 2 aromatic heterocycles. The monoisotopic (exact) mass is 716 g/mol. The highest BCUT2D eigenvalue weighted by Crippen LogP contribution is 2.49. The summed E-state index contributed by atoms with van der Waals surface area (Å²) in [6, 6.07) is 68.8. The van der Waals surface area contributed by atoms with Gasteiger partial charge in [0.2, 0.25) is 0 Å². The molecule has 0 saturated heterocycles. The van der Waals surface area contributed by atoms with E-state index in [1.165, 1.54) is 27.1 Å². The molecule has 0 unspecified atom stereocenters. The van der Waals surface area contributed by atoms with E-state index in [9.17, 15) is 0 Å². The Labute approximate surface area is 322 Å². The van der Waals surface area contributed by atoms with E-state index in [0.29, 0.717) is 0 Å². The fourth-order valence-corrected chi connectivity index (χ4v) is 8.81. The predicted octanol–water partition coefficient (Wildman–Crippen LogP) is 14.7. The predicted molar refractivity (Wildman–Crippen MR) is 231 cm³/mol. The molecule has 0 fully saturated rings. The van der Waals surface area contributed by atoms with Gasteiger partial charge in [-0.15, -0.1) is 0 Å². The summed E-state index contributed by atoms with van der Waals surface area (Å²) in [6.07, 6.45) is 0. The van der Waals surface area contributed by atoms with E-state index >= 15 is 0 Å². The zero-order valence-electron chi connectivity index (χ0n) is 30.2. The summed E-state index contributed by atoms with van der Waals surface area (Å²) in [5.41, 5.74) is 12.8. The number of furan rings is 1. The van der Waals surface area contributed by atoms with Crippen molar-refractivity contribution in [3.8, 4) is 39.4 Å². The summed E-state index contributed by atoms with van der Waals surface area (Å²) < 4.78 is 15.5. The lowest BCUT2D eigenvalue weighted by Crippen LogP contribution is -2.09. The van der Waals surface area contributed by atoms with Gasteiger partial charge in [0.05, 0.1) is 16.7 Å². The number of rotatable bonds is 5. The smallest absolute Gasteiger partial charge is 0.159 e. The highest BCUT2D eigenvalue weighted by Gasteiger charge is 2.26. The number of hydrogen-bond acceptors (Lipinski definition) is 3. The Morgan fingerprint density at radius 3 is 1.96 bits per heavy atom.